The van der Waals surface area contributed by atoms with E-state index >= 15 is 0 Å². The third-order valence-electron chi connectivity index (χ3n) is 4.52. The number of azo groups is 1. The van der Waals surface area contributed by atoms with E-state index in [1.165, 1.54) is 11.3 Å². The lowest BCUT2D eigenvalue weighted by molar-refractivity contribution is -0.777. The van der Waals surface area contributed by atoms with Crippen molar-refractivity contribution >= 4 is 50.1 Å². The molecule has 0 spiro atoms. The van der Waals surface area contributed by atoms with Crippen LogP contribution in [0.2, 0.25) is 0 Å². The molecule has 0 N–H and O–H groups in total. The van der Waals surface area contributed by atoms with Crippen LogP contribution in [0.1, 0.15) is 32.3 Å². The van der Waals surface area contributed by atoms with Gasteiger partial charge in [-0.3, -0.25) is 5.04 Å². The Hall–Kier alpha value is -2.24. The first-order valence-electron chi connectivity index (χ1n) is 9.98. The summed E-state index contributed by atoms with van der Waals surface area (Å²) in [6.07, 6.45) is 1.98. The minimum atomic E-state index is 0.492. The Balaban J connectivity index is 1.99. The zero-order valence-corrected chi connectivity index (χ0v) is 19.6. The summed E-state index contributed by atoms with van der Waals surface area (Å²) in [5.74, 6) is 0.670. The molecular formula is C21H25N4O4S2-. The highest BCUT2D eigenvalue weighted by atomic mass is 32.2. The zero-order chi connectivity index (χ0) is 22.2. The van der Waals surface area contributed by atoms with Crippen LogP contribution in [0.25, 0.3) is 10.2 Å². The van der Waals surface area contributed by atoms with Gasteiger partial charge in [0.2, 0.25) is 5.13 Å². The predicted octanol–water partition coefficient (Wildman–Crippen LogP) is 5.89. The van der Waals surface area contributed by atoms with Gasteiger partial charge >= 0.3 is 0 Å². The third-order valence-corrected chi connectivity index (χ3v) is 6.05. The maximum absolute atomic E-state index is 10.4. The second-order valence-corrected chi connectivity index (χ2v) is 8.62. The number of aryl methyl sites for hydroxylation is 1. The number of methoxy groups -OCH3 is 1. The van der Waals surface area contributed by atoms with Crippen LogP contribution in [0.15, 0.2) is 45.5 Å². The highest BCUT2D eigenvalue weighted by Gasteiger charge is 2.17. The lowest BCUT2D eigenvalue weighted by atomic mass is 10.2. The molecule has 0 saturated heterocycles. The van der Waals surface area contributed by atoms with Gasteiger partial charge < -0.3 is 14.9 Å². The molecule has 0 aliphatic heterocycles. The molecule has 31 heavy (non-hydrogen) atoms. The van der Waals surface area contributed by atoms with Crippen molar-refractivity contribution in [3.63, 3.8) is 0 Å². The van der Waals surface area contributed by atoms with Crippen molar-refractivity contribution in [1.29, 1.82) is 0 Å². The summed E-state index contributed by atoms with van der Waals surface area (Å²) >= 11 is 2.25. The number of anilines is 1. The number of benzene rings is 2. The molecular weight excluding hydrogens is 436 g/mol. The van der Waals surface area contributed by atoms with Gasteiger partial charge in [0.05, 0.1) is 40.0 Å². The van der Waals surface area contributed by atoms with Crippen LogP contribution in [0.5, 0.6) is 5.75 Å². The first-order valence-corrected chi connectivity index (χ1v) is 11.5. The van der Waals surface area contributed by atoms with Crippen molar-refractivity contribution in [3.8, 4) is 5.75 Å². The van der Waals surface area contributed by atoms with Crippen molar-refractivity contribution < 1.29 is 19.4 Å². The summed E-state index contributed by atoms with van der Waals surface area (Å²) in [4.78, 5) is 7.33. The van der Waals surface area contributed by atoms with E-state index in [1.807, 2.05) is 25.1 Å². The normalized spacial score (nSPS) is 11.5. The number of ether oxygens (including phenoxy) is 1. The number of fused-ring (bicyclic) bond motifs is 1. The van der Waals surface area contributed by atoms with Gasteiger partial charge in [-0.05, 0) is 43.5 Å². The molecule has 3 aromatic rings. The Kier molecular flexibility index (Phi) is 8.61. The maximum Gasteiger partial charge on any atom is 0.231 e. The van der Waals surface area contributed by atoms with Crippen LogP contribution >= 0.6 is 23.4 Å². The van der Waals surface area contributed by atoms with E-state index < -0.39 is 0 Å². The van der Waals surface area contributed by atoms with Crippen molar-refractivity contribution in [1.82, 2.24) is 4.98 Å². The number of hydrogen-bond donors (Lipinski definition) is 0. The molecule has 8 nitrogen and oxygen atoms in total. The van der Waals surface area contributed by atoms with Crippen molar-refractivity contribution in [2.45, 2.75) is 38.5 Å². The van der Waals surface area contributed by atoms with E-state index in [9.17, 15) is 5.26 Å². The van der Waals surface area contributed by atoms with Crippen LogP contribution in [0.3, 0.4) is 0 Å². The first kappa shape index (κ1) is 23.4. The molecule has 0 bridgehead atoms. The Morgan fingerprint density at radius 2 is 1.90 bits per heavy atom. The summed E-state index contributed by atoms with van der Waals surface area (Å²) in [5.41, 5.74) is 3.44. The van der Waals surface area contributed by atoms with Crippen LogP contribution in [-0.4, -0.2) is 25.2 Å². The number of rotatable bonds is 11. The molecule has 0 unspecified atom stereocenters. The van der Waals surface area contributed by atoms with Crippen molar-refractivity contribution in [2.24, 2.45) is 10.2 Å². The van der Waals surface area contributed by atoms with Crippen molar-refractivity contribution in [2.75, 3.05) is 25.1 Å². The van der Waals surface area contributed by atoms with Gasteiger partial charge in [0.1, 0.15) is 11.4 Å². The topological polar surface area (TPSA) is 91.6 Å². The molecule has 2 aromatic carbocycles. The number of hydrogen-bond acceptors (Lipinski definition) is 10. The molecule has 0 fully saturated rings. The fraction of sp³-hybridized carbons (Fsp3) is 0.381. The molecule has 10 heteroatoms. The molecule has 3 rings (SSSR count). The smallest absolute Gasteiger partial charge is 0.231 e. The fourth-order valence-corrected chi connectivity index (χ4v) is 4.53. The quantitative estimate of drug-likeness (QED) is 0.152. The second kappa shape index (κ2) is 11.4. The largest absolute Gasteiger partial charge is 0.691 e. The second-order valence-electron chi connectivity index (χ2n) is 6.87. The first-order chi connectivity index (χ1) is 15.1. The van der Waals surface area contributed by atoms with E-state index in [0.717, 1.165) is 59.4 Å². The van der Waals surface area contributed by atoms with Crippen molar-refractivity contribution in [3.05, 3.63) is 35.9 Å². The Morgan fingerprint density at radius 3 is 2.58 bits per heavy atom. The predicted molar refractivity (Wildman–Crippen MR) is 122 cm³/mol. The van der Waals surface area contributed by atoms with Crippen LogP contribution in [-0.2, 0) is 9.37 Å². The van der Waals surface area contributed by atoms with Gasteiger partial charge in [0, 0.05) is 19.2 Å². The summed E-state index contributed by atoms with van der Waals surface area (Å²) in [5, 5.41) is 23.2. The highest BCUT2D eigenvalue weighted by Crippen LogP contribution is 2.41. The Bertz CT molecular complexity index is 1040. The third kappa shape index (κ3) is 5.92. The molecule has 1 aromatic heterocycles. The molecule has 0 aliphatic rings. The maximum atomic E-state index is 10.4. The molecule has 0 radical (unpaired) electrons. The monoisotopic (exact) mass is 461 g/mol. The average Bonchev–Trinajstić information content (AvgIpc) is 3.17. The number of thiazole rings is 1. The summed E-state index contributed by atoms with van der Waals surface area (Å²) in [6.45, 7) is 8.04. The standard InChI is InChI=1S/C21H26N4O4S2/c1-5-9-25(10-6-2)17-13-20(31-29-28-26)16(12-18(17)27-4)23-24-21-22-15-8-7-14(3)11-19(15)30-21/h7-8,11-13,26H,5-6,9-10H2,1-4H3/p-1. The Morgan fingerprint density at radius 1 is 1.13 bits per heavy atom. The van der Waals surface area contributed by atoms with Gasteiger partial charge in [-0.15, -0.1) is 10.2 Å². The summed E-state index contributed by atoms with van der Waals surface area (Å²) < 4.78 is 11.3. The minimum Gasteiger partial charge on any atom is -0.691 e. The van der Waals surface area contributed by atoms with Crippen LogP contribution in [0.4, 0.5) is 16.5 Å². The van der Waals surface area contributed by atoms with Crippen LogP contribution < -0.4 is 14.9 Å². The SMILES string of the molecule is CCCN(CCC)c1cc(SOO[O-])c(N=Nc2nc3ccc(C)cc3s2)cc1OC. The molecule has 0 aliphatic carbocycles. The highest BCUT2D eigenvalue weighted by molar-refractivity contribution is 7.94. The lowest BCUT2D eigenvalue weighted by Gasteiger charge is -2.26. The fourth-order valence-electron chi connectivity index (χ4n) is 3.20. The zero-order valence-electron chi connectivity index (χ0n) is 18.0. The van der Waals surface area contributed by atoms with Gasteiger partial charge in [-0.1, -0.05) is 31.3 Å². The molecule has 0 atom stereocenters. The summed E-state index contributed by atoms with van der Waals surface area (Å²) in [6, 6.07) is 9.71. The Labute approximate surface area is 189 Å². The van der Waals surface area contributed by atoms with E-state index in [-0.39, 0.29) is 0 Å². The average molecular weight is 462 g/mol. The molecule has 0 saturated carbocycles. The molecule has 166 valence electrons. The van der Waals surface area contributed by atoms with E-state index in [4.69, 9.17) is 4.74 Å². The van der Waals surface area contributed by atoms with Gasteiger partial charge in [-0.2, -0.15) is 4.33 Å². The van der Waals surface area contributed by atoms with E-state index in [2.05, 4.69) is 49.4 Å². The van der Waals surface area contributed by atoms with Crippen LogP contribution in [0, 0.1) is 6.92 Å². The number of nitrogens with zero attached hydrogens (tertiary/aromatic N) is 4. The minimum absolute atomic E-state index is 0.492. The van der Waals surface area contributed by atoms with Gasteiger partial charge in [-0.25, -0.2) is 4.98 Å². The number of aromatic nitrogens is 1. The summed E-state index contributed by atoms with van der Waals surface area (Å²) in [7, 11) is 1.62. The van der Waals surface area contributed by atoms with Gasteiger partial charge in [0.25, 0.3) is 0 Å². The molecule has 1 heterocycles. The van der Waals surface area contributed by atoms with E-state index in [0.29, 0.717) is 21.5 Å². The van der Waals surface area contributed by atoms with E-state index in [1.54, 1.807) is 13.2 Å². The lowest BCUT2D eigenvalue weighted by Crippen LogP contribution is -2.25. The van der Waals surface area contributed by atoms with Gasteiger partial charge in [0.15, 0.2) is 0 Å². The molecule has 0 amide bonds.